The molecule has 5 nitrogen and oxygen atoms in total. The first-order chi connectivity index (χ1) is 11.0. The van der Waals surface area contributed by atoms with Gasteiger partial charge in [-0.25, -0.2) is 0 Å². The van der Waals surface area contributed by atoms with Crippen LogP contribution in [0, 0.1) is 0 Å². The van der Waals surface area contributed by atoms with E-state index in [2.05, 4.69) is 5.16 Å². The van der Waals surface area contributed by atoms with Gasteiger partial charge in [-0.3, -0.25) is 4.79 Å². The Bertz CT molecular complexity index is 690. The van der Waals surface area contributed by atoms with E-state index in [4.69, 9.17) is 16.1 Å². The van der Waals surface area contributed by atoms with Crippen LogP contribution in [0.3, 0.4) is 0 Å². The molecule has 0 radical (unpaired) electrons. The molecule has 2 aromatic rings. The van der Waals surface area contributed by atoms with Crippen LogP contribution in [0.5, 0.6) is 0 Å². The summed E-state index contributed by atoms with van der Waals surface area (Å²) in [6.07, 6.45) is 4.82. The molecule has 1 aromatic carbocycles. The minimum atomic E-state index is -0.776. The molecule has 1 fully saturated rings. The number of likely N-dealkylation sites (N-methyl/N-ethyl adjacent to an activating group) is 1. The number of hydrogen-bond donors (Lipinski definition) is 1. The summed E-state index contributed by atoms with van der Waals surface area (Å²) in [5.41, 5.74) is 0.856. The lowest BCUT2D eigenvalue weighted by atomic mass is 10.0. The second-order valence-electron chi connectivity index (χ2n) is 6.18. The maximum Gasteiger partial charge on any atom is 0.259 e. The highest BCUT2D eigenvalue weighted by molar-refractivity contribution is 6.30. The average molecular weight is 335 g/mol. The summed E-state index contributed by atoms with van der Waals surface area (Å²) in [5, 5.41) is 15.0. The minimum Gasteiger partial charge on any atom is -0.388 e. The predicted molar refractivity (Wildman–Crippen MR) is 87.3 cm³/mol. The molecule has 0 saturated heterocycles. The van der Waals surface area contributed by atoms with Crippen LogP contribution >= 0.6 is 11.6 Å². The lowest BCUT2D eigenvalue weighted by Gasteiger charge is -2.28. The first kappa shape index (κ1) is 16.0. The van der Waals surface area contributed by atoms with Crippen molar-refractivity contribution in [3.8, 4) is 11.3 Å². The molecule has 1 aliphatic carbocycles. The quantitative estimate of drug-likeness (QED) is 0.930. The van der Waals surface area contributed by atoms with Gasteiger partial charge in [0.25, 0.3) is 5.91 Å². The van der Waals surface area contributed by atoms with E-state index in [-0.39, 0.29) is 5.91 Å². The summed E-state index contributed by atoms with van der Waals surface area (Å²) in [7, 11) is 1.69. The number of carbonyl (C=O) groups is 1. The second-order valence-corrected chi connectivity index (χ2v) is 6.61. The number of halogens is 1. The van der Waals surface area contributed by atoms with E-state index in [1.54, 1.807) is 31.3 Å². The van der Waals surface area contributed by atoms with Crippen molar-refractivity contribution in [2.75, 3.05) is 13.6 Å². The number of aliphatic hydroxyl groups is 1. The zero-order chi connectivity index (χ0) is 16.4. The first-order valence-electron chi connectivity index (χ1n) is 7.67. The van der Waals surface area contributed by atoms with Gasteiger partial charge >= 0.3 is 0 Å². The van der Waals surface area contributed by atoms with Gasteiger partial charge in [-0.1, -0.05) is 41.7 Å². The van der Waals surface area contributed by atoms with Crippen molar-refractivity contribution in [2.24, 2.45) is 0 Å². The molecule has 6 heteroatoms. The maximum absolute atomic E-state index is 12.7. The fraction of sp³-hybridized carbons (Fsp3) is 0.412. The molecule has 1 saturated carbocycles. The zero-order valence-electron chi connectivity index (χ0n) is 13.0. The Morgan fingerprint density at radius 3 is 2.65 bits per heavy atom. The number of nitrogens with zero attached hydrogens (tertiary/aromatic N) is 2. The van der Waals surface area contributed by atoms with Gasteiger partial charge in [0.1, 0.15) is 17.5 Å². The molecule has 0 spiro atoms. The van der Waals surface area contributed by atoms with Crippen molar-refractivity contribution in [1.29, 1.82) is 0 Å². The average Bonchev–Trinajstić information content (AvgIpc) is 3.16. The molecule has 3 rings (SSSR count). The number of amides is 1. The van der Waals surface area contributed by atoms with Crippen molar-refractivity contribution in [3.05, 3.63) is 41.1 Å². The molecule has 0 atom stereocenters. The van der Waals surface area contributed by atoms with Crippen LogP contribution in [0.15, 0.2) is 35.1 Å². The lowest BCUT2D eigenvalue weighted by Crippen LogP contribution is -2.42. The molecule has 23 heavy (non-hydrogen) atoms. The number of carbonyl (C=O) groups excluding carboxylic acids is 1. The van der Waals surface area contributed by atoms with Gasteiger partial charge in [0.15, 0.2) is 0 Å². The highest BCUT2D eigenvalue weighted by atomic mass is 35.5. The Morgan fingerprint density at radius 2 is 2.00 bits per heavy atom. The molecule has 0 unspecified atom stereocenters. The van der Waals surface area contributed by atoms with E-state index in [1.165, 1.54) is 11.2 Å². The molecular formula is C17H19ClN2O3. The molecule has 1 N–H and O–H groups in total. The van der Waals surface area contributed by atoms with E-state index >= 15 is 0 Å². The topological polar surface area (TPSA) is 66.6 Å². The second kappa shape index (κ2) is 6.34. The molecule has 0 aliphatic heterocycles. The summed E-state index contributed by atoms with van der Waals surface area (Å²) in [4.78, 5) is 14.2. The number of benzene rings is 1. The molecule has 0 bridgehead atoms. The molecule has 1 aromatic heterocycles. The minimum absolute atomic E-state index is 0.212. The highest BCUT2D eigenvalue weighted by Crippen LogP contribution is 2.31. The molecule has 1 heterocycles. The van der Waals surface area contributed by atoms with Gasteiger partial charge in [-0.05, 0) is 25.0 Å². The van der Waals surface area contributed by atoms with Crippen LogP contribution < -0.4 is 0 Å². The fourth-order valence-electron chi connectivity index (χ4n) is 3.11. The molecule has 1 aliphatic rings. The molecule has 1 amide bonds. The maximum atomic E-state index is 12.7. The summed E-state index contributed by atoms with van der Waals surface area (Å²) in [6.45, 7) is 0.317. The normalized spacial score (nSPS) is 16.5. The van der Waals surface area contributed by atoms with Gasteiger partial charge in [-0.15, -0.1) is 0 Å². The summed E-state index contributed by atoms with van der Waals surface area (Å²) in [5.74, 6) is -0.212. The summed E-state index contributed by atoms with van der Waals surface area (Å²) < 4.78 is 5.00. The van der Waals surface area contributed by atoms with Crippen LogP contribution in [-0.4, -0.2) is 40.3 Å². The van der Waals surface area contributed by atoms with E-state index in [9.17, 15) is 9.90 Å². The van der Waals surface area contributed by atoms with Crippen LogP contribution in [0.25, 0.3) is 11.3 Å². The summed E-state index contributed by atoms with van der Waals surface area (Å²) in [6, 6.07) is 7.07. The first-order valence-corrected chi connectivity index (χ1v) is 8.04. The Hall–Kier alpha value is -1.85. The summed E-state index contributed by atoms with van der Waals surface area (Å²) >= 11 is 5.89. The third-order valence-corrected chi connectivity index (χ3v) is 4.58. The van der Waals surface area contributed by atoms with Gasteiger partial charge in [-0.2, -0.15) is 0 Å². The van der Waals surface area contributed by atoms with Crippen LogP contribution in [0.1, 0.15) is 36.0 Å². The van der Waals surface area contributed by atoms with Gasteiger partial charge in [0.05, 0.1) is 5.60 Å². The molecular weight excluding hydrogens is 316 g/mol. The van der Waals surface area contributed by atoms with Gasteiger partial charge in [0.2, 0.25) is 0 Å². The standard InChI is InChI=1S/C17H19ClN2O3/c1-20(11-17(22)8-2-3-9-17)16(21)14-10-23-19-15(14)12-4-6-13(18)7-5-12/h4-7,10,22H,2-3,8-9,11H2,1H3. The van der Waals surface area contributed by atoms with Gasteiger partial charge in [0, 0.05) is 24.2 Å². The van der Waals surface area contributed by atoms with Crippen LogP contribution in [0.2, 0.25) is 5.02 Å². The Labute approximate surface area is 139 Å². The smallest absolute Gasteiger partial charge is 0.259 e. The Morgan fingerprint density at radius 1 is 1.35 bits per heavy atom. The van der Waals surface area contributed by atoms with E-state index in [1.807, 2.05) is 0 Å². The Kier molecular flexibility index (Phi) is 4.41. The largest absolute Gasteiger partial charge is 0.388 e. The van der Waals surface area contributed by atoms with Crippen LogP contribution in [-0.2, 0) is 0 Å². The van der Waals surface area contributed by atoms with E-state index in [0.717, 1.165) is 31.2 Å². The number of hydrogen-bond acceptors (Lipinski definition) is 4. The number of aromatic nitrogens is 1. The third kappa shape index (κ3) is 3.41. The van der Waals surface area contributed by atoms with E-state index in [0.29, 0.717) is 22.8 Å². The predicted octanol–water partition coefficient (Wildman–Crippen LogP) is 3.37. The lowest BCUT2D eigenvalue weighted by molar-refractivity contribution is 0.0157. The highest BCUT2D eigenvalue weighted by Gasteiger charge is 2.34. The van der Waals surface area contributed by atoms with Gasteiger partial charge < -0.3 is 14.5 Å². The van der Waals surface area contributed by atoms with E-state index < -0.39 is 5.60 Å². The third-order valence-electron chi connectivity index (χ3n) is 4.33. The van der Waals surface area contributed by atoms with Crippen molar-refractivity contribution in [1.82, 2.24) is 10.1 Å². The van der Waals surface area contributed by atoms with Crippen molar-refractivity contribution in [3.63, 3.8) is 0 Å². The molecule has 122 valence electrons. The van der Waals surface area contributed by atoms with Crippen molar-refractivity contribution < 1.29 is 14.4 Å². The van der Waals surface area contributed by atoms with Crippen molar-refractivity contribution >= 4 is 17.5 Å². The fourth-order valence-corrected chi connectivity index (χ4v) is 3.24. The zero-order valence-corrected chi connectivity index (χ0v) is 13.7. The monoisotopic (exact) mass is 334 g/mol. The van der Waals surface area contributed by atoms with Crippen LogP contribution in [0.4, 0.5) is 0 Å². The SMILES string of the molecule is CN(CC1(O)CCCC1)C(=O)c1conc1-c1ccc(Cl)cc1. The number of rotatable bonds is 4. The Balaban J connectivity index is 1.80. The van der Waals surface area contributed by atoms with Crippen molar-refractivity contribution in [2.45, 2.75) is 31.3 Å².